The minimum Gasteiger partial charge on any atom is -0.467 e. The average molecular weight is 285 g/mol. The molecule has 0 fully saturated rings. The highest BCUT2D eigenvalue weighted by Crippen LogP contribution is 2.12. The summed E-state index contributed by atoms with van der Waals surface area (Å²) in [5, 5.41) is 3.04. The molecule has 1 rings (SSSR count). The van der Waals surface area contributed by atoms with Crippen LogP contribution in [-0.4, -0.2) is 30.0 Å². The second kappa shape index (κ2) is 7.09. The standard InChI is InChI=1S/C13H17ClN2O3/c1-4-8(2)11(13(18)19-3)16-12(17)10-7-9(14)5-6-15-10/h5-8,11H,4H2,1-3H3,(H,16,17). The first-order valence-electron chi connectivity index (χ1n) is 5.99. The van der Waals surface area contributed by atoms with Crippen molar-refractivity contribution in [3.05, 3.63) is 29.0 Å². The molecule has 5 nitrogen and oxygen atoms in total. The molecule has 2 unspecified atom stereocenters. The van der Waals surface area contributed by atoms with Crippen molar-refractivity contribution in [2.75, 3.05) is 7.11 Å². The van der Waals surface area contributed by atoms with Crippen LogP contribution >= 0.6 is 11.6 Å². The lowest BCUT2D eigenvalue weighted by molar-refractivity contribution is -0.144. The van der Waals surface area contributed by atoms with Gasteiger partial charge in [0, 0.05) is 11.2 Å². The molecule has 0 aliphatic rings. The van der Waals surface area contributed by atoms with Gasteiger partial charge in [0.15, 0.2) is 0 Å². The number of hydrogen-bond acceptors (Lipinski definition) is 4. The Kier molecular flexibility index (Phi) is 5.76. The minimum absolute atomic E-state index is 0.0319. The summed E-state index contributed by atoms with van der Waals surface area (Å²) in [4.78, 5) is 27.6. The molecule has 0 bridgehead atoms. The fourth-order valence-corrected chi connectivity index (χ4v) is 1.70. The Labute approximate surface area is 117 Å². The van der Waals surface area contributed by atoms with Crippen LogP contribution in [0, 0.1) is 5.92 Å². The van der Waals surface area contributed by atoms with Crippen molar-refractivity contribution in [2.24, 2.45) is 5.92 Å². The van der Waals surface area contributed by atoms with E-state index in [4.69, 9.17) is 16.3 Å². The summed E-state index contributed by atoms with van der Waals surface area (Å²) >= 11 is 5.79. The Hall–Kier alpha value is -1.62. The van der Waals surface area contributed by atoms with E-state index in [2.05, 4.69) is 10.3 Å². The van der Waals surface area contributed by atoms with Crippen molar-refractivity contribution in [2.45, 2.75) is 26.3 Å². The zero-order valence-corrected chi connectivity index (χ0v) is 11.9. The van der Waals surface area contributed by atoms with Gasteiger partial charge in [0.25, 0.3) is 5.91 Å². The molecule has 2 atom stereocenters. The minimum atomic E-state index is -0.691. The summed E-state index contributed by atoms with van der Waals surface area (Å²) in [7, 11) is 1.29. The highest BCUT2D eigenvalue weighted by atomic mass is 35.5. The van der Waals surface area contributed by atoms with Crippen LogP contribution in [0.3, 0.4) is 0 Å². The van der Waals surface area contributed by atoms with E-state index in [1.54, 1.807) is 6.07 Å². The van der Waals surface area contributed by atoms with Gasteiger partial charge in [0.1, 0.15) is 11.7 Å². The summed E-state index contributed by atoms with van der Waals surface area (Å²) in [5.41, 5.74) is 0.171. The molecule has 104 valence electrons. The van der Waals surface area contributed by atoms with E-state index in [0.29, 0.717) is 5.02 Å². The molecule has 0 aliphatic heterocycles. The summed E-state index contributed by atoms with van der Waals surface area (Å²) in [6, 6.07) is 2.33. The van der Waals surface area contributed by atoms with Crippen LogP contribution in [0.15, 0.2) is 18.3 Å². The second-order valence-electron chi connectivity index (χ2n) is 4.22. The Morgan fingerprint density at radius 1 is 1.53 bits per heavy atom. The van der Waals surface area contributed by atoms with Crippen molar-refractivity contribution in [3.8, 4) is 0 Å². The van der Waals surface area contributed by atoms with Gasteiger partial charge < -0.3 is 10.1 Å². The molecular weight excluding hydrogens is 268 g/mol. The fourth-order valence-electron chi connectivity index (χ4n) is 1.54. The summed E-state index contributed by atoms with van der Waals surface area (Å²) in [6.45, 7) is 3.80. The predicted molar refractivity (Wildman–Crippen MR) is 72.0 cm³/mol. The maximum absolute atomic E-state index is 12.0. The number of nitrogens with zero attached hydrogens (tertiary/aromatic N) is 1. The molecule has 0 saturated heterocycles. The number of aromatic nitrogens is 1. The highest BCUT2D eigenvalue weighted by molar-refractivity contribution is 6.30. The first-order chi connectivity index (χ1) is 8.99. The number of halogens is 1. The van der Waals surface area contributed by atoms with Crippen molar-refractivity contribution in [3.63, 3.8) is 0 Å². The largest absolute Gasteiger partial charge is 0.467 e. The lowest BCUT2D eigenvalue weighted by atomic mass is 9.99. The number of carbonyl (C=O) groups is 2. The summed E-state index contributed by atoms with van der Waals surface area (Å²) in [5.74, 6) is -0.946. The number of pyridine rings is 1. The quantitative estimate of drug-likeness (QED) is 0.840. The molecule has 0 radical (unpaired) electrons. The monoisotopic (exact) mass is 284 g/mol. The number of rotatable bonds is 5. The Morgan fingerprint density at radius 2 is 2.21 bits per heavy atom. The van der Waals surface area contributed by atoms with Gasteiger partial charge in [-0.05, 0) is 18.1 Å². The van der Waals surface area contributed by atoms with Gasteiger partial charge in [0.05, 0.1) is 7.11 Å². The Balaban J connectivity index is 2.84. The van der Waals surface area contributed by atoms with Gasteiger partial charge in [-0.1, -0.05) is 31.9 Å². The van der Waals surface area contributed by atoms with Crippen LogP contribution in [-0.2, 0) is 9.53 Å². The molecule has 1 N–H and O–H groups in total. The van der Waals surface area contributed by atoms with Gasteiger partial charge in [-0.15, -0.1) is 0 Å². The molecular formula is C13H17ClN2O3. The van der Waals surface area contributed by atoms with Crippen LogP contribution in [0.4, 0.5) is 0 Å². The third kappa shape index (κ3) is 4.21. The van der Waals surface area contributed by atoms with Gasteiger partial charge in [-0.3, -0.25) is 9.78 Å². The summed E-state index contributed by atoms with van der Waals surface area (Å²) < 4.78 is 4.70. The fraction of sp³-hybridized carbons (Fsp3) is 0.462. The number of amides is 1. The molecule has 0 saturated carbocycles. The van der Waals surface area contributed by atoms with Crippen LogP contribution in [0.2, 0.25) is 5.02 Å². The van der Waals surface area contributed by atoms with Crippen molar-refractivity contribution >= 4 is 23.5 Å². The number of hydrogen-bond donors (Lipinski definition) is 1. The normalized spacial score (nSPS) is 13.5. The zero-order valence-electron chi connectivity index (χ0n) is 11.1. The van der Waals surface area contributed by atoms with Gasteiger partial charge in [-0.2, -0.15) is 0 Å². The second-order valence-corrected chi connectivity index (χ2v) is 4.66. The maximum atomic E-state index is 12.0. The molecule has 1 heterocycles. The lowest BCUT2D eigenvalue weighted by Crippen LogP contribution is -2.45. The molecule has 0 aromatic carbocycles. The third-order valence-electron chi connectivity index (χ3n) is 2.91. The van der Waals surface area contributed by atoms with E-state index in [9.17, 15) is 9.59 Å². The number of carbonyl (C=O) groups excluding carboxylic acids is 2. The molecule has 0 spiro atoms. The third-order valence-corrected chi connectivity index (χ3v) is 3.14. The zero-order chi connectivity index (χ0) is 14.4. The maximum Gasteiger partial charge on any atom is 0.328 e. The number of nitrogens with one attached hydrogen (secondary N) is 1. The van der Waals surface area contributed by atoms with Crippen molar-refractivity contribution < 1.29 is 14.3 Å². The van der Waals surface area contributed by atoms with Crippen LogP contribution in [0.25, 0.3) is 0 Å². The van der Waals surface area contributed by atoms with E-state index in [-0.39, 0.29) is 11.6 Å². The smallest absolute Gasteiger partial charge is 0.328 e. The SMILES string of the molecule is CCC(C)C(NC(=O)c1cc(Cl)ccn1)C(=O)OC. The molecule has 0 aliphatic carbocycles. The first-order valence-corrected chi connectivity index (χ1v) is 6.37. The topological polar surface area (TPSA) is 68.3 Å². The highest BCUT2D eigenvalue weighted by Gasteiger charge is 2.27. The van der Waals surface area contributed by atoms with Crippen LogP contribution in [0.5, 0.6) is 0 Å². The molecule has 1 aromatic rings. The van der Waals surface area contributed by atoms with E-state index in [1.165, 1.54) is 19.4 Å². The van der Waals surface area contributed by atoms with E-state index < -0.39 is 17.9 Å². The Morgan fingerprint density at radius 3 is 2.74 bits per heavy atom. The molecule has 6 heteroatoms. The van der Waals surface area contributed by atoms with Crippen molar-refractivity contribution in [1.82, 2.24) is 10.3 Å². The molecule has 1 amide bonds. The lowest BCUT2D eigenvalue weighted by Gasteiger charge is -2.21. The predicted octanol–water partition coefficient (Wildman–Crippen LogP) is 2.05. The first kappa shape index (κ1) is 15.4. The van der Waals surface area contributed by atoms with Gasteiger partial charge >= 0.3 is 5.97 Å². The Bertz CT molecular complexity index is 465. The number of methoxy groups -OCH3 is 1. The van der Waals surface area contributed by atoms with Gasteiger partial charge in [-0.25, -0.2) is 4.79 Å². The number of esters is 1. The van der Waals surface area contributed by atoms with E-state index in [1.807, 2.05) is 13.8 Å². The van der Waals surface area contributed by atoms with Crippen molar-refractivity contribution in [1.29, 1.82) is 0 Å². The average Bonchev–Trinajstić information content (AvgIpc) is 2.42. The van der Waals surface area contributed by atoms with Gasteiger partial charge in [0.2, 0.25) is 0 Å². The molecule has 1 aromatic heterocycles. The van der Waals surface area contributed by atoms with Crippen LogP contribution in [0.1, 0.15) is 30.8 Å². The van der Waals surface area contributed by atoms with E-state index in [0.717, 1.165) is 6.42 Å². The molecule has 19 heavy (non-hydrogen) atoms. The summed E-state index contributed by atoms with van der Waals surface area (Å²) in [6.07, 6.45) is 2.18. The number of ether oxygens (including phenoxy) is 1. The van der Waals surface area contributed by atoms with E-state index >= 15 is 0 Å². The van der Waals surface area contributed by atoms with Crippen LogP contribution < -0.4 is 5.32 Å².